The third-order valence-electron chi connectivity index (χ3n) is 9.37. The van der Waals surface area contributed by atoms with Crippen LogP contribution in [-0.2, 0) is 28.0 Å². The summed E-state index contributed by atoms with van der Waals surface area (Å²) in [4.78, 5) is 26.9. The lowest BCUT2D eigenvalue weighted by Crippen LogP contribution is -2.40. The average Bonchev–Trinajstić information content (AvgIpc) is 3.72. The maximum absolute atomic E-state index is 16.2. The zero-order valence-electron chi connectivity index (χ0n) is 28.2. The van der Waals surface area contributed by atoms with Crippen molar-refractivity contribution in [3.63, 3.8) is 0 Å². The standard InChI is InChI=1S/C37H38F2N6O3S/c1-7-30(46)44-9-10-45-28(21(44)2)17-27(42-45)34-32(31-26(39)15-24(38)16-29(31)48-12-11-47-6)35-25(8-13-49-35)33(41-34)22-14-23-19-43(5)20-37(3,4)36(23)40-18-22/h7-8,13-18,21H,1,9-12,19-20H2,2-6H3/t21-/m1/s1. The molecule has 1 aromatic carbocycles. The molecule has 0 aliphatic carbocycles. The smallest absolute Gasteiger partial charge is 0.246 e. The number of ether oxygens (including phenoxy) is 2. The third kappa shape index (κ3) is 5.81. The predicted octanol–water partition coefficient (Wildman–Crippen LogP) is 7.00. The number of fused-ring (bicyclic) bond motifs is 3. The van der Waals surface area contributed by atoms with Crippen LogP contribution in [0.3, 0.4) is 0 Å². The van der Waals surface area contributed by atoms with E-state index < -0.39 is 11.6 Å². The minimum Gasteiger partial charge on any atom is -0.490 e. The van der Waals surface area contributed by atoms with Crippen LogP contribution in [0.1, 0.15) is 43.8 Å². The molecule has 254 valence electrons. The van der Waals surface area contributed by atoms with Crippen LogP contribution in [-0.4, -0.2) is 75.9 Å². The molecule has 1 atom stereocenters. The molecule has 0 N–H and O–H groups in total. The highest BCUT2D eigenvalue weighted by Gasteiger charge is 2.34. The quantitative estimate of drug-likeness (QED) is 0.129. The lowest BCUT2D eigenvalue weighted by Gasteiger charge is -2.37. The van der Waals surface area contributed by atoms with Gasteiger partial charge in [0, 0.05) is 71.7 Å². The van der Waals surface area contributed by atoms with E-state index in [1.54, 1.807) is 4.90 Å². The van der Waals surface area contributed by atoms with Crippen LogP contribution in [0.15, 0.2) is 54.6 Å². The van der Waals surface area contributed by atoms with Gasteiger partial charge in [-0.3, -0.25) is 14.5 Å². The predicted molar refractivity (Wildman–Crippen MR) is 186 cm³/mol. The molecule has 7 rings (SSSR count). The first-order valence-corrected chi connectivity index (χ1v) is 17.1. The number of thiophene rings is 1. The molecule has 6 heterocycles. The van der Waals surface area contributed by atoms with Gasteiger partial charge < -0.3 is 19.3 Å². The van der Waals surface area contributed by atoms with E-state index in [9.17, 15) is 9.18 Å². The molecular weight excluding hydrogens is 647 g/mol. The van der Waals surface area contributed by atoms with Gasteiger partial charge in [-0.05, 0) is 49.2 Å². The van der Waals surface area contributed by atoms with Crippen LogP contribution < -0.4 is 4.74 Å². The number of rotatable bonds is 8. The minimum atomic E-state index is -0.779. The summed E-state index contributed by atoms with van der Waals surface area (Å²) in [6.07, 6.45) is 3.18. The first kappa shape index (κ1) is 33.0. The number of likely N-dealkylation sites (N-methyl/N-ethyl adjacent to an activating group) is 1. The summed E-state index contributed by atoms with van der Waals surface area (Å²) in [7, 11) is 3.64. The number of halogens is 2. The van der Waals surface area contributed by atoms with Crippen molar-refractivity contribution in [2.24, 2.45) is 0 Å². The summed E-state index contributed by atoms with van der Waals surface area (Å²) < 4.78 is 44.6. The Kier molecular flexibility index (Phi) is 8.58. The van der Waals surface area contributed by atoms with Crippen LogP contribution in [0.4, 0.5) is 8.78 Å². The van der Waals surface area contributed by atoms with E-state index in [0.717, 1.165) is 51.8 Å². The van der Waals surface area contributed by atoms with Crippen molar-refractivity contribution in [3.05, 3.63) is 83.1 Å². The molecule has 0 saturated heterocycles. The van der Waals surface area contributed by atoms with E-state index in [2.05, 4.69) is 38.4 Å². The van der Waals surface area contributed by atoms with Gasteiger partial charge in [0.05, 0.1) is 41.8 Å². The van der Waals surface area contributed by atoms with Gasteiger partial charge in [-0.15, -0.1) is 11.3 Å². The Morgan fingerprint density at radius 3 is 2.73 bits per heavy atom. The maximum atomic E-state index is 16.2. The highest BCUT2D eigenvalue weighted by atomic mass is 32.1. The second kappa shape index (κ2) is 12.7. The number of benzene rings is 1. The van der Waals surface area contributed by atoms with Crippen molar-refractivity contribution in [1.82, 2.24) is 29.5 Å². The summed E-state index contributed by atoms with van der Waals surface area (Å²) in [6, 6.07) is 7.79. The molecule has 0 unspecified atom stereocenters. The van der Waals surface area contributed by atoms with Crippen LogP contribution in [0.25, 0.3) is 43.9 Å². The third-order valence-corrected chi connectivity index (χ3v) is 10.3. The largest absolute Gasteiger partial charge is 0.490 e. The van der Waals surface area contributed by atoms with Crippen molar-refractivity contribution < 1.29 is 23.0 Å². The van der Waals surface area contributed by atoms with Crippen LogP contribution in [0.5, 0.6) is 5.75 Å². The SMILES string of the molecule is C=CC(=O)N1CCn2nc(-c3nc(-c4cnc5c(c4)CN(C)CC5(C)C)c4ccsc4c3-c3c(F)cc(F)cc3OCCOC)cc2[C@H]1C. The van der Waals surface area contributed by atoms with E-state index in [1.165, 1.54) is 30.6 Å². The number of carbonyl (C=O) groups is 1. The summed E-state index contributed by atoms with van der Waals surface area (Å²) in [5.41, 5.74) is 5.86. The number of hydrogen-bond donors (Lipinski definition) is 0. The molecule has 2 aliphatic rings. The van der Waals surface area contributed by atoms with E-state index in [4.69, 9.17) is 24.5 Å². The Hall–Kier alpha value is -4.52. The lowest BCUT2D eigenvalue weighted by molar-refractivity contribution is -0.129. The second-order valence-electron chi connectivity index (χ2n) is 13.3. The van der Waals surface area contributed by atoms with Gasteiger partial charge in [0.1, 0.15) is 35.4 Å². The molecule has 0 saturated carbocycles. The molecule has 5 aromatic rings. The Balaban J connectivity index is 1.49. The number of nitrogens with zero attached hydrogens (tertiary/aromatic N) is 6. The van der Waals surface area contributed by atoms with Crippen molar-refractivity contribution in [2.75, 3.05) is 40.5 Å². The maximum Gasteiger partial charge on any atom is 0.246 e. The molecule has 4 aromatic heterocycles. The summed E-state index contributed by atoms with van der Waals surface area (Å²) in [5.74, 6) is -1.66. The topological polar surface area (TPSA) is 85.6 Å². The summed E-state index contributed by atoms with van der Waals surface area (Å²) in [6.45, 7) is 12.9. The van der Waals surface area contributed by atoms with Crippen LogP contribution >= 0.6 is 11.3 Å². The number of hydrogen-bond acceptors (Lipinski definition) is 8. The number of pyridine rings is 2. The molecule has 0 radical (unpaired) electrons. The fourth-order valence-electron chi connectivity index (χ4n) is 7.31. The van der Waals surface area contributed by atoms with Crippen LogP contribution in [0, 0.1) is 11.6 Å². The van der Waals surface area contributed by atoms with Crippen molar-refractivity contribution in [1.29, 1.82) is 0 Å². The fourth-order valence-corrected chi connectivity index (χ4v) is 8.25. The Labute approximate surface area is 287 Å². The molecule has 0 fully saturated rings. The van der Waals surface area contributed by atoms with Gasteiger partial charge in [-0.2, -0.15) is 5.10 Å². The van der Waals surface area contributed by atoms with E-state index >= 15 is 4.39 Å². The molecule has 49 heavy (non-hydrogen) atoms. The Morgan fingerprint density at radius 1 is 1.14 bits per heavy atom. The Bertz CT molecular complexity index is 2110. The molecular formula is C37H38F2N6O3S. The fraction of sp³-hybridized carbons (Fsp3) is 0.351. The van der Waals surface area contributed by atoms with Crippen molar-refractivity contribution in [2.45, 2.75) is 45.3 Å². The number of methoxy groups -OCH3 is 1. The first-order valence-electron chi connectivity index (χ1n) is 16.2. The van der Waals surface area contributed by atoms with Crippen molar-refractivity contribution >= 4 is 27.3 Å². The Morgan fingerprint density at radius 2 is 1.96 bits per heavy atom. The summed E-state index contributed by atoms with van der Waals surface area (Å²) >= 11 is 1.44. The van der Waals surface area contributed by atoms with Crippen molar-refractivity contribution in [3.8, 4) is 39.5 Å². The minimum absolute atomic E-state index is 0.0425. The molecule has 1 amide bonds. The molecule has 2 aliphatic heterocycles. The highest BCUT2D eigenvalue weighted by molar-refractivity contribution is 7.18. The van der Waals surface area contributed by atoms with Gasteiger partial charge in [-0.1, -0.05) is 20.4 Å². The van der Waals surface area contributed by atoms with Gasteiger partial charge in [-0.25, -0.2) is 13.8 Å². The first-order chi connectivity index (χ1) is 23.5. The lowest BCUT2D eigenvalue weighted by atomic mass is 9.82. The molecule has 12 heteroatoms. The van der Waals surface area contributed by atoms with E-state index in [-0.39, 0.29) is 41.9 Å². The molecule has 0 spiro atoms. The van der Waals surface area contributed by atoms with E-state index in [1.807, 2.05) is 35.3 Å². The van der Waals surface area contributed by atoms with Crippen LogP contribution in [0.2, 0.25) is 0 Å². The zero-order chi connectivity index (χ0) is 34.6. The monoisotopic (exact) mass is 684 g/mol. The molecule has 0 bridgehead atoms. The van der Waals surface area contributed by atoms with Gasteiger partial charge >= 0.3 is 0 Å². The number of carbonyl (C=O) groups excluding carboxylic acids is 1. The van der Waals surface area contributed by atoms with Gasteiger partial charge in [0.2, 0.25) is 5.91 Å². The second-order valence-corrected chi connectivity index (χ2v) is 14.2. The highest BCUT2D eigenvalue weighted by Crippen LogP contribution is 2.48. The van der Waals surface area contributed by atoms with Gasteiger partial charge in [0.15, 0.2) is 0 Å². The normalized spacial score (nSPS) is 17.2. The number of aromatic nitrogens is 4. The molecule has 9 nitrogen and oxygen atoms in total. The zero-order valence-corrected chi connectivity index (χ0v) is 29.0. The van der Waals surface area contributed by atoms with E-state index in [0.29, 0.717) is 35.7 Å². The summed E-state index contributed by atoms with van der Waals surface area (Å²) in [5, 5.41) is 7.72. The number of amides is 1. The van der Waals surface area contributed by atoms with Gasteiger partial charge in [0.25, 0.3) is 0 Å². The average molecular weight is 685 g/mol.